The molecule has 4 N–H and O–H groups in total. The molecule has 10 heteroatoms. The zero-order chi connectivity index (χ0) is 27.4. The number of ether oxygens (including phenoxy) is 3. The normalized spacial score (nSPS) is 12.7. The number of nitrogens with one attached hydrogen (secondary N) is 1. The number of carbonyl (C=O) groups is 3. The first-order chi connectivity index (χ1) is 17.6. The van der Waals surface area contributed by atoms with Crippen LogP contribution in [-0.4, -0.2) is 60.0 Å². The lowest BCUT2D eigenvalue weighted by atomic mass is 10.0. The van der Waals surface area contributed by atoms with Crippen LogP contribution < -0.4 is 15.8 Å². The standard InChI is InChI=1S/C27H37N3O7/c1-27(2,3)37-26(34)30(23(17-31)20-12-14-21(35-4)15-13-20)22(24(28)32)11-8-16-29-25(33)36-18-19-9-6-5-7-10-19/h5-7,9-10,12-15,22-23,31H,8,11,16-18H2,1-4H3,(H2,28,32)(H,29,33)/t22-,23-/m1/s1. The van der Waals surface area contributed by atoms with Crippen LogP contribution >= 0.6 is 0 Å². The molecule has 2 rings (SSSR count). The molecule has 0 saturated carbocycles. The third-order valence-corrected chi connectivity index (χ3v) is 5.41. The van der Waals surface area contributed by atoms with Gasteiger partial charge in [0, 0.05) is 6.54 Å². The average molecular weight is 516 g/mol. The summed E-state index contributed by atoms with van der Waals surface area (Å²) in [4.78, 5) is 38.9. The van der Waals surface area contributed by atoms with Crippen molar-refractivity contribution in [3.63, 3.8) is 0 Å². The number of hydrogen-bond donors (Lipinski definition) is 3. The van der Waals surface area contributed by atoms with E-state index in [1.165, 1.54) is 12.0 Å². The summed E-state index contributed by atoms with van der Waals surface area (Å²) in [5.41, 5.74) is 6.29. The summed E-state index contributed by atoms with van der Waals surface area (Å²) in [6.07, 6.45) is -0.953. The lowest BCUT2D eigenvalue weighted by Crippen LogP contribution is -2.52. The van der Waals surface area contributed by atoms with Crippen LogP contribution in [0.1, 0.15) is 50.8 Å². The minimum atomic E-state index is -1.10. The van der Waals surface area contributed by atoms with Crippen molar-refractivity contribution < 1.29 is 33.7 Å². The zero-order valence-corrected chi connectivity index (χ0v) is 21.8. The van der Waals surface area contributed by atoms with E-state index >= 15 is 0 Å². The van der Waals surface area contributed by atoms with Gasteiger partial charge >= 0.3 is 12.2 Å². The second-order valence-electron chi connectivity index (χ2n) is 9.41. The van der Waals surface area contributed by atoms with Gasteiger partial charge in [0.25, 0.3) is 0 Å². The maximum Gasteiger partial charge on any atom is 0.411 e. The van der Waals surface area contributed by atoms with Gasteiger partial charge in [0.1, 0.15) is 24.0 Å². The minimum absolute atomic E-state index is 0.125. The van der Waals surface area contributed by atoms with Crippen molar-refractivity contribution in [1.82, 2.24) is 10.2 Å². The zero-order valence-electron chi connectivity index (χ0n) is 21.8. The molecule has 0 spiro atoms. The van der Waals surface area contributed by atoms with Crippen LogP contribution in [0.5, 0.6) is 5.75 Å². The molecule has 2 aromatic carbocycles. The predicted molar refractivity (Wildman–Crippen MR) is 138 cm³/mol. The van der Waals surface area contributed by atoms with Crippen molar-refractivity contribution in [3.8, 4) is 5.75 Å². The molecule has 2 atom stereocenters. The molecule has 0 aliphatic heterocycles. The number of hydrogen-bond acceptors (Lipinski definition) is 7. The molecule has 0 aromatic heterocycles. The minimum Gasteiger partial charge on any atom is -0.497 e. The van der Waals surface area contributed by atoms with Gasteiger partial charge in [-0.25, -0.2) is 9.59 Å². The number of methoxy groups -OCH3 is 1. The summed E-state index contributed by atoms with van der Waals surface area (Å²) < 4.78 is 15.9. The topological polar surface area (TPSA) is 140 Å². The molecule has 0 saturated heterocycles. The molecule has 0 aliphatic rings. The predicted octanol–water partition coefficient (Wildman–Crippen LogP) is 3.53. The number of carbonyl (C=O) groups excluding carboxylic acids is 3. The maximum atomic E-state index is 13.2. The Bertz CT molecular complexity index is 1010. The van der Waals surface area contributed by atoms with E-state index in [9.17, 15) is 19.5 Å². The first-order valence-corrected chi connectivity index (χ1v) is 12.1. The van der Waals surface area contributed by atoms with Gasteiger partial charge in [-0.1, -0.05) is 42.5 Å². The number of nitrogens with two attached hydrogens (primary N) is 1. The second-order valence-corrected chi connectivity index (χ2v) is 9.41. The van der Waals surface area contributed by atoms with Crippen LogP contribution in [0, 0.1) is 0 Å². The van der Waals surface area contributed by atoms with E-state index in [-0.39, 0.29) is 19.6 Å². The van der Waals surface area contributed by atoms with Gasteiger partial charge in [-0.3, -0.25) is 9.69 Å². The molecule has 2 aromatic rings. The summed E-state index contributed by atoms with van der Waals surface area (Å²) in [6, 6.07) is 14.0. The number of benzene rings is 2. The lowest BCUT2D eigenvalue weighted by Gasteiger charge is -2.37. The highest BCUT2D eigenvalue weighted by molar-refractivity contribution is 5.84. The monoisotopic (exact) mass is 515 g/mol. The third kappa shape index (κ3) is 9.64. The van der Waals surface area contributed by atoms with E-state index in [4.69, 9.17) is 19.9 Å². The van der Waals surface area contributed by atoms with Gasteiger partial charge < -0.3 is 30.4 Å². The highest BCUT2D eigenvalue weighted by Gasteiger charge is 2.37. The van der Waals surface area contributed by atoms with Crippen molar-refractivity contribution in [3.05, 3.63) is 65.7 Å². The number of primary amides is 1. The smallest absolute Gasteiger partial charge is 0.411 e. The molecule has 202 valence electrons. The van der Waals surface area contributed by atoms with Crippen LogP contribution in [0.2, 0.25) is 0 Å². The van der Waals surface area contributed by atoms with Crippen molar-refractivity contribution >= 4 is 18.1 Å². The Morgan fingerprint density at radius 1 is 1.05 bits per heavy atom. The van der Waals surface area contributed by atoms with Crippen molar-refractivity contribution in [2.24, 2.45) is 5.73 Å². The first-order valence-electron chi connectivity index (χ1n) is 12.1. The third-order valence-electron chi connectivity index (χ3n) is 5.41. The van der Waals surface area contributed by atoms with Gasteiger partial charge in [0.15, 0.2) is 0 Å². The van der Waals surface area contributed by atoms with Crippen LogP contribution in [0.3, 0.4) is 0 Å². The van der Waals surface area contributed by atoms with Crippen molar-refractivity contribution in [2.75, 3.05) is 20.3 Å². The lowest BCUT2D eigenvalue weighted by molar-refractivity contribution is -0.125. The molecule has 0 bridgehead atoms. The molecular formula is C27H37N3O7. The summed E-state index contributed by atoms with van der Waals surface area (Å²) in [5.74, 6) is -0.162. The summed E-state index contributed by atoms with van der Waals surface area (Å²) in [6.45, 7) is 4.95. The Kier molecular flexibility index (Phi) is 11.2. The fraction of sp³-hybridized carbons (Fsp3) is 0.444. The van der Waals surface area contributed by atoms with Gasteiger partial charge in [0.05, 0.1) is 19.8 Å². The Morgan fingerprint density at radius 2 is 1.70 bits per heavy atom. The first kappa shape index (κ1) is 29.4. The number of nitrogens with zero attached hydrogens (tertiary/aromatic N) is 1. The maximum absolute atomic E-state index is 13.2. The number of rotatable bonds is 12. The van der Waals surface area contributed by atoms with Crippen LogP contribution in [0.15, 0.2) is 54.6 Å². The molecule has 10 nitrogen and oxygen atoms in total. The van der Waals surface area contributed by atoms with Crippen LogP contribution in [-0.2, 0) is 20.9 Å². The quantitative estimate of drug-likeness (QED) is 0.367. The molecule has 0 radical (unpaired) electrons. The van der Waals surface area contributed by atoms with Crippen LogP contribution in [0.25, 0.3) is 0 Å². The molecule has 37 heavy (non-hydrogen) atoms. The van der Waals surface area contributed by atoms with E-state index in [0.717, 1.165) is 5.56 Å². The molecule has 0 aliphatic carbocycles. The van der Waals surface area contributed by atoms with E-state index in [1.807, 2.05) is 30.3 Å². The van der Waals surface area contributed by atoms with E-state index < -0.39 is 42.4 Å². The highest BCUT2D eigenvalue weighted by Crippen LogP contribution is 2.28. The Balaban J connectivity index is 2.11. The number of alkyl carbamates (subject to hydrolysis) is 1. The van der Waals surface area contributed by atoms with E-state index in [1.54, 1.807) is 45.0 Å². The SMILES string of the molecule is COc1ccc([C@@H](CO)N(C(=O)OC(C)(C)C)[C@H](CCCNC(=O)OCc2ccccc2)C(N)=O)cc1. The Morgan fingerprint density at radius 3 is 2.24 bits per heavy atom. The van der Waals surface area contributed by atoms with Gasteiger partial charge in [0.2, 0.25) is 5.91 Å². The fourth-order valence-corrected chi connectivity index (χ4v) is 3.64. The average Bonchev–Trinajstić information content (AvgIpc) is 2.86. The van der Waals surface area contributed by atoms with E-state index in [2.05, 4.69) is 5.32 Å². The summed E-state index contributed by atoms with van der Waals surface area (Å²) in [7, 11) is 1.53. The molecule has 0 unspecified atom stereocenters. The van der Waals surface area contributed by atoms with Gasteiger partial charge in [-0.2, -0.15) is 0 Å². The van der Waals surface area contributed by atoms with Gasteiger partial charge in [-0.15, -0.1) is 0 Å². The Hall–Kier alpha value is -3.79. The Labute approximate surface area is 217 Å². The largest absolute Gasteiger partial charge is 0.497 e. The van der Waals surface area contributed by atoms with E-state index in [0.29, 0.717) is 17.7 Å². The molecular weight excluding hydrogens is 478 g/mol. The number of aliphatic hydroxyl groups is 1. The molecule has 0 fully saturated rings. The molecule has 0 heterocycles. The van der Waals surface area contributed by atoms with Crippen molar-refractivity contribution in [1.29, 1.82) is 0 Å². The number of aliphatic hydroxyl groups excluding tert-OH is 1. The number of amides is 3. The highest BCUT2D eigenvalue weighted by atomic mass is 16.6. The van der Waals surface area contributed by atoms with Crippen molar-refractivity contribution in [2.45, 2.75) is 57.9 Å². The summed E-state index contributed by atoms with van der Waals surface area (Å²) >= 11 is 0. The molecule has 3 amide bonds. The summed E-state index contributed by atoms with van der Waals surface area (Å²) in [5, 5.41) is 12.9. The van der Waals surface area contributed by atoms with Crippen LogP contribution in [0.4, 0.5) is 9.59 Å². The fourth-order valence-electron chi connectivity index (χ4n) is 3.64. The van der Waals surface area contributed by atoms with Gasteiger partial charge in [-0.05, 0) is 56.9 Å². The second kappa shape index (κ2) is 14.1.